The fourth-order valence-electron chi connectivity index (χ4n) is 3.83. The minimum absolute atomic E-state index is 0.237. The van der Waals surface area contributed by atoms with Gasteiger partial charge in [0.15, 0.2) is 0 Å². The molecule has 0 spiro atoms. The van der Waals surface area contributed by atoms with Gasteiger partial charge < -0.3 is 9.88 Å². The van der Waals surface area contributed by atoms with E-state index in [1.807, 2.05) is 18.2 Å². The second kappa shape index (κ2) is 7.35. The van der Waals surface area contributed by atoms with E-state index in [1.165, 1.54) is 23.9 Å². The maximum Gasteiger partial charge on any atom is 0.295 e. The molecule has 2 heterocycles. The zero-order valence-corrected chi connectivity index (χ0v) is 15.0. The topological polar surface area (TPSA) is 53.2 Å². The van der Waals surface area contributed by atoms with Crippen LogP contribution in [-0.4, -0.2) is 34.7 Å². The van der Waals surface area contributed by atoms with Crippen molar-refractivity contribution in [3.8, 4) is 0 Å². The van der Waals surface area contributed by atoms with E-state index in [9.17, 15) is 14.0 Å². The lowest BCUT2D eigenvalue weighted by Gasteiger charge is -2.31. The molecule has 0 radical (unpaired) electrons. The van der Waals surface area contributed by atoms with E-state index >= 15 is 0 Å². The number of likely N-dealkylation sites (tertiary alicyclic amines) is 1. The van der Waals surface area contributed by atoms with Crippen molar-refractivity contribution >= 4 is 22.6 Å². The van der Waals surface area contributed by atoms with Gasteiger partial charge in [0, 0.05) is 30.2 Å². The Labute approximate surface area is 157 Å². The molecular formula is C22H21FN2O2. The lowest BCUT2D eigenvalue weighted by Crippen LogP contribution is -2.42. The number of halogens is 1. The van der Waals surface area contributed by atoms with Gasteiger partial charge in [0.2, 0.25) is 0 Å². The first-order valence-corrected chi connectivity index (χ1v) is 9.26. The summed E-state index contributed by atoms with van der Waals surface area (Å²) in [4.78, 5) is 29.9. The lowest BCUT2D eigenvalue weighted by molar-refractivity contribution is -0.127. The number of fused-ring (bicyclic) bond motifs is 1. The molecule has 0 saturated carbocycles. The van der Waals surface area contributed by atoms with Crippen molar-refractivity contribution in [3.63, 3.8) is 0 Å². The Kier molecular flexibility index (Phi) is 4.75. The van der Waals surface area contributed by atoms with E-state index in [1.54, 1.807) is 11.0 Å². The van der Waals surface area contributed by atoms with Crippen molar-refractivity contribution in [2.24, 2.45) is 5.92 Å². The van der Waals surface area contributed by atoms with Crippen LogP contribution in [0.3, 0.4) is 0 Å². The molecule has 27 heavy (non-hydrogen) atoms. The molecule has 138 valence electrons. The molecule has 0 unspecified atom stereocenters. The standard InChI is InChI=1S/C22H21FN2O2/c23-17-6-7-20-18(13-17)19(14-24-20)21(26)22(27)25-10-8-16(9-11-25)12-15-4-2-1-3-5-15/h1-7,13-14,16,24H,8-12H2. The molecule has 0 bridgehead atoms. The summed E-state index contributed by atoms with van der Waals surface area (Å²) in [5.41, 5.74) is 2.19. The fourth-order valence-corrected chi connectivity index (χ4v) is 3.83. The summed E-state index contributed by atoms with van der Waals surface area (Å²) in [6, 6.07) is 14.5. The van der Waals surface area contributed by atoms with Crippen LogP contribution in [-0.2, 0) is 11.2 Å². The van der Waals surface area contributed by atoms with Crippen molar-refractivity contribution in [2.45, 2.75) is 19.3 Å². The van der Waals surface area contributed by atoms with Crippen LogP contribution in [0.2, 0.25) is 0 Å². The predicted molar refractivity (Wildman–Crippen MR) is 102 cm³/mol. The van der Waals surface area contributed by atoms with Crippen molar-refractivity contribution in [2.75, 3.05) is 13.1 Å². The van der Waals surface area contributed by atoms with Crippen LogP contribution in [0.4, 0.5) is 4.39 Å². The number of aromatic amines is 1. The third-order valence-electron chi connectivity index (χ3n) is 5.35. The quantitative estimate of drug-likeness (QED) is 0.563. The normalized spacial score (nSPS) is 15.2. The van der Waals surface area contributed by atoms with Gasteiger partial charge in [-0.3, -0.25) is 9.59 Å². The number of Topliss-reactive ketones (excluding diaryl/α,β-unsaturated/α-hetero) is 1. The third kappa shape index (κ3) is 3.63. The molecule has 1 aliphatic heterocycles. The van der Waals surface area contributed by atoms with Crippen LogP contribution >= 0.6 is 0 Å². The first-order chi connectivity index (χ1) is 13.1. The average molecular weight is 364 g/mol. The molecule has 1 aromatic heterocycles. The Morgan fingerprint density at radius 1 is 1.07 bits per heavy atom. The van der Waals surface area contributed by atoms with E-state index in [2.05, 4.69) is 17.1 Å². The first-order valence-electron chi connectivity index (χ1n) is 9.26. The summed E-state index contributed by atoms with van der Waals surface area (Å²) in [7, 11) is 0. The maximum absolute atomic E-state index is 13.5. The van der Waals surface area contributed by atoms with E-state index in [0.717, 1.165) is 19.3 Å². The third-order valence-corrected chi connectivity index (χ3v) is 5.35. The Morgan fingerprint density at radius 2 is 1.81 bits per heavy atom. The van der Waals surface area contributed by atoms with Gasteiger partial charge in [-0.2, -0.15) is 0 Å². The van der Waals surface area contributed by atoms with Crippen LogP contribution in [0.25, 0.3) is 10.9 Å². The fraction of sp³-hybridized carbons (Fsp3) is 0.273. The molecule has 1 fully saturated rings. The Bertz CT molecular complexity index is 972. The molecular weight excluding hydrogens is 343 g/mol. The Morgan fingerprint density at radius 3 is 2.56 bits per heavy atom. The van der Waals surface area contributed by atoms with Crippen LogP contribution in [0.5, 0.6) is 0 Å². The zero-order chi connectivity index (χ0) is 18.8. The summed E-state index contributed by atoms with van der Waals surface area (Å²) in [5, 5.41) is 0.451. The second-order valence-corrected chi connectivity index (χ2v) is 7.15. The number of piperidine rings is 1. The number of ketones is 1. The van der Waals surface area contributed by atoms with Crippen LogP contribution in [0.1, 0.15) is 28.8 Å². The highest BCUT2D eigenvalue weighted by Gasteiger charge is 2.29. The molecule has 0 atom stereocenters. The second-order valence-electron chi connectivity index (χ2n) is 7.15. The minimum Gasteiger partial charge on any atom is -0.360 e. The number of amides is 1. The summed E-state index contributed by atoms with van der Waals surface area (Å²) < 4.78 is 13.5. The highest BCUT2D eigenvalue weighted by molar-refractivity contribution is 6.44. The highest BCUT2D eigenvalue weighted by Crippen LogP contribution is 2.24. The van der Waals surface area contributed by atoms with Crippen molar-refractivity contribution in [1.82, 2.24) is 9.88 Å². The van der Waals surface area contributed by atoms with Gasteiger partial charge in [-0.15, -0.1) is 0 Å². The number of rotatable bonds is 4. The lowest BCUT2D eigenvalue weighted by atomic mass is 9.90. The van der Waals surface area contributed by atoms with Crippen molar-refractivity contribution in [3.05, 3.63) is 71.7 Å². The van der Waals surface area contributed by atoms with Crippen LogP contribution in [0, 0.1) is 11.7 Å². The van der Waals surface area contributed by atoms with E-state index < -0.39 is 17.5 Å². The molecule has 1 amide bonds. The molecule has 0 aliphatic carbocycles. The SMILES string of the molecule is O=C(C(=O)N1CCC(Cc2ccccc2)CC1)c1c[nH]c2ccc(F)cc12. The largest absolute Gasteiger partial charge is 0.360 e. The van der Waals surface area contributed by atoms with Gasteiger partial charge in [-0.05, 0) is 48.9 Å². The van der Waals surface area contributed by atoms with Gasteiger partial charge in [-0.1, -0.05) is 30.3 Å². The number of aromatic nitrogens is 1. The van der Waals surface area contributed by atoms with Crippen LogP contribution < -0.4 is 0 Å². The number of nitrogens with one attached hydrogen (secondary N) is 1. The number of nitrogens with zero attached hydrogens (tertiary/aromatic N) is 1. The van der Waals surface area contributed by atoms with E-state index in [-0.39, 0.29) is 5.56 Å². The maximum atomic E-state index is 13.5. The number of carbonyl (C=O) groups is 2. The smallest absolute Gasteiger partial charge is 0.295 e. The Hall–Kier alpha value is -2.95. The van der Waals surface area contributed by atoms with Crippen molar-refractivity contribution < 1.29 is 14.0 Å². The number of carbonyl (C=O) groups excluding carboxylic acids is 2. The monoisotopic (exact) mass is 364 g/mol. The zero-order valence-electron chi connectivity index (χ0n) is 15.0. The average Bonchev–Trinajstić information content (AvgIpc) is 3.11. The van der Waals surface area contributed by atoms with E-state index in [0.29, 0.717) is 29.9 Å². The molecule has 2 aromatic carbocycles. The Balaban J connectivity index is 1.41. The molecule has 4 rings (SSSR count). The molecule has 5 heteroatoms. The molecule has 1 saturated heterocycles. The minimum atomic E-state index is -0.576. The highest BCUT2D eigenvalue weighted by atomic mass is 19.1. The van der Waals surface area contributed by atoms with Gasteiger partial charge in [0.05, 0.1) is 5.56 Å². The number of hydrogen-bond acceptors (Lipinski definition) is 2. The molecule has 1 aliphatic rings. The summed E-state index contributed by atoms with van der Waals surface area (Å²) in [6.45, 7) is 1.16. The first kappa shape index (κ1) is 17.5. The van der Waals surface area contributed by atoms with Gasteiger partial charge in [0.25, 0.3) is 11.7 Å². The van der Waals surface area contributed by atoms with Crippen LogP contribution in [0.15, 0.2) is 54.7 Å². The summed E-state index contributed by atoms with van der Waals surface area (Å²) in [6.07, 6.45) is 4.26. The molecule has 4 nitrogen and oxygen atoms in total. The van der Waals surface area contributed by atoms with E-state index in [4.69, 9.17) is 0 Å². The number of benzene rings is 2. The van der Waals surface area contributed by atoms with Gasteiger partial charge in [0.1, 0.15) is 5.82 Å². The molecule has 3 aromatic rings. The number of hydrogen-bond donors (Lipinski definition) is 1. The van der Waals surface area contributed by atoms with Gasteiger partial charge >= 0.3 is 0 Å². The summed E-state index contributed by atoms with van der Waals surface area (Å²) >= 11 is 0. The number of H-pyrrole nitrogens is 1. The van der Waals surface area contributed by atoms with Gasteiger partial charge in [-0.25, -0.2) is 4.39 Å². The predicted octanol–water partition coefficient (Wildman–Crippen LogP) is 3.97. The van der Waals surface area contributed by atoms with Crippen molar-refractivity contribution in [1.29, 1.82) is 0 Å². The molecule has 1 N–H and O–H groups in total. The summed E-state index contributed by atoms with van der Waals surface area (Å²) in [5.74, 6) is -0.981.